The molecule has 1 aliphatic rings. The molecule has 23 heavy (non-hydrogen) atoms. The Kier molecular flexibility index (Phi) is 5.51. The minimum absolute atomic E-state index is 0.147. The summed E-state index contributed by atoms with van der Waals surface area (Å²) in [5.41, 5.74) is 0.938. The van der Waals surface area contributed by atoms with Crippen molar-refractivity contribution < 1.29 is 23.9 Å². The smallest absolute Gasteiger partial charge is 0.407 e. The lowest BCUT2D eigenvalue weighted by molar-refractivity contribution is -0.145. The molecular weight excluding hydrogens is 302 g/mol. The standard InChI is InChI=1S/C15H19N3O5/c1-22-14(20)12-4-3-7-18(12)13(19)10-5-6-16-11(8-10)9-17-15(21)23-2/h5-6,8,12H,3-4,7,9H2,1-2H3,(H,17,21). The van der Waals surface area contributed by atoms with Gasteiger partial charge in [-0.05, 0) is 25.0 Å². The molecule has 124 valence electrons. The van der Waals surface area contributed by atoms with Crippen LogP contribution in [0.5, 0.6) is 0 Å². The molecule has 2 amide bonds. The fourth-order valence-corrected chi connectivity index (χ4v) is 2.50. The van der Waals surface area contributed by atoms with Crippen LogP contribution in [0.2, 0.25) is 0 Å². The number of nitrogens with one attached hydrogen (secondary N) is 1. The molecule has 2 heterocycles. The molecule has 0 radical (unpaired) electrons. The van der Waals surface area contributed by atoms with Crippen LogP contribution in [0.1, 0.15) is 28.9 Å². The Morgan fingerprint density at radius 3 is 2.83 bits per heavy atom. The molecule has 1 aromatic heterocycles. The summed E-state index contributed by atoms with van der Waals surface area (Å²) in [5, 5.41) is 2.50. The first kappa shape index (κ1) is 16.7. The van der Waals surface area contributed by atoms with Gasteiger partial charge in [0.15, 0.2) is 0 Å². The molecule has 1 atom stereocenters. The van der Waals surface area contributed by atoms with Crippen LogP contribution in [0.3, 0.4) is 0 Å². The lowest BCUT2D eigenvalue weighted by Crippen LogP contribution is -2.41. The molecule has 2 rings (SSSR count). The van der Waals surface area contributed by atoms with Gasteiger partial charge < -0.3 is 19.7 Å². The van der Waals surface area contributed by atoms with Crippen LogP contribution in [0, 0.1) is 0 Å². The number of nitrogens with zero attached hydrogens (tertiary/aromatic N) is 2. The predicted octanol–water partition coefficient (Wildman–Crippen LogP) is 0.715. The molecule has 1 fully saturated rings. The number of ether oxygens (including phenoxy) is 2. The van der Waals surface area contributed by atoms with E-state index in [1.54, 1.807) is 12.1 Å². The average molecular weight is 321 g/mol. The summed E-state index contributed by atoms with van der Waals surface area (Å²) in [4.78, 5) is 41.0. The molecule has 1 aromatic rings. The van der Waals surface area contributed by atoms with Crippen LogP contribution in [-0.2, 0) is 20.8 Å². The van der Waals surface area contributed by atoms with E-state index < -0.39 is 18.1 Å². The highest BCUT2D eigenvalue weighted by molar-refractivity contribution is 5.97. The zero-order chi connectivity index (χ0) is 16.8. The van der Waals surface area contributed by atoms with E-state index in [9.17, 15) is 14.4 Å². The molecule has 0 spiro atoms. The van der Waals surface area contributed by atoms with Crippen molar-refractivity contribution in [3.63, 3.8) is 0 Å². The Hall–Kier alpha value is -2.64. The molecule has 0 aliphatic carbocycles. The maximum Gasteiger partial charge on any atom is 0.407 e. The highest BCUT2D eigenvalue weighted by Crippen LogP contribution is 2.21. The summed E-state index contributed by atoms with van der Waals surface area (Å²) < 4.78 is 9.22. The van der Waals surface area contributed by atoms with E-state index in [2.05, 4.69) is 15.0 Å². The van der Waals surface area contributed by atoms with Crippen molar-refractivity contribution in [1.29, 1.82) is 0 Å². The van der Waals surface area contributed by atoms with Gasteiger partial charge in [0, 0.05) is 18.3 Å². The van der Waals surface area contributed by atoms with Gasteiger partial charge >= 0.3 is 12.1 Å². The number of amides is 2. The van der Waals surface area contributed by atoms with E-state index in [0.717, 1.165) is 6.42 Å². The Labute approximate surface area is 133 Å². The number of rotatable bonds is 4. The Bertz CT molecular complexity index is 605. The third kappa shape index (κ3) is 3.97. The van der Waals surface area contributed by atoms with Gasteiger partial charge in [-0.15, -0.1) is 0 Å². The summed E-state index contributed by atoms with van der Waals surface area (Å²) >= 11 is 0. The summed E-state index contributed by atoms with van der Waals surface area (Å²) in [6.45, 7) is 0.658. The highest BCUT2D eigenvalue weighted by atomic mass is 16.5. The second-order valence-electron chi connectivity index (χ2n) is 5.06. The van der Waals surface area contributed by atoms with Crippen molar-refractivity contribution in [2.24, 2.45) is 0 Å². The number of hydrogen-bond acceptors (Lipinski definition) is 6. The van der Waals surface area contributed by atoms with Crippen molar-refractivity contribution in [3.05, 3.63) is 29.6 Å². The van der Waals surface area contributed by atoms with Crippen LogP contribution < -0.4 is 5.32 Å². The fraction of sp³-hybridized carbons (Fsp3) is 0.467. The molecule has 1 saturated heterocycles. The zero-order valence-corrected chi connectivity index (χ0v) is 13.1. The lowest BCUT2D eigenvalue weighted by atomic mass is 10.1. The maximum absolute atomic E-state index is 12.6. The maximum atomic E-state index is 12.6. The van der Waals surface area contributed by atoms with E-state index >= 15 is 0 Å². The van der Waals surface area contributed by atoms with Crippen molar-refractivity contribution in [1.82, 2.24) is 15.2 Å². The largest absolute Gasteiger partial charge is 0.467 e. The number of hydrogen-bond donors (Lipinski definition) is 1. The van der Waals surface area contributed by atoms with E-state index in [1.165, 1.54) is 25.3 Å². The topological polar surface area (TPSA) is 97.8 Å². The van der Waals surface area contributed by atoms with Crippen molar-refractivity contribution in [2.45, 2.75) is 25.4 Å². The summed E-state index contributed by atoms with van der Waals surface area (Å²) in [6, 6.07) is 2.62. The molecule has 0 bridgehead atoms. The predicted molar refractivity (Wildman–Crippen MR) is 79.6 cm³/mol. The highest BCUT2D eigenvalue weighted by Gasteiger charge is 2.35. The third-order valence-corrected chi connectivity index (χ3v) is 3.65. The van der Waals surface area contributed by atoms with Gasteiger partial charge in [0.2, 0.25) is 0 Å². The summed E-state index contributed by atoms with van der Waals surface area (Å²) in [5.74, 6) is -0.655. The van der Waals surface area contributed by atoms with Gasteiger partial charge in [0.1, 0.15) is 6.04 Å². The minimum atomic E-state index is -0.575. The number of likely N-dealkylation sites (tertiary alicyclic amines) is 1. The normalized spacial score (nSPS) is 16.8. The number of methoxy groups -OCH3 is 2. The van der Waals surface area contributed by atoms with Crippen LogP contribution in [0.4, 0.5) is 4.79 Å². The molecular formula is C15H19N3O5. The Morgan fingerprint density at radius 2 is 2.13 bits per heavy atom. The monoisotopic (exact) mass is 321 g/mol. The summed E-state index contributed by atoms with van der Waals surface area (Å²) in [7, 11) is 2.58. The number of carbonyl (C=O) groups is 3. The van der Waals surface area contributed by atoms with Crippen molar-refractivity contribution in [3.8, 4) is 0 Å². The Balaban J connectivity index is 2.10. The molecule has 8 nitrogen and oxygen atoms in total. The SMILES string of the molecule is COC(=O)NCc1cc(C(=O)N2CCCC2C(=O)OC)ccn1. The van der Waals surface area contributed by atoms with Crippen molar-refractivity contribution >= 4 is 18.0 Å². The fourth-order valence-electron chi connectivity index (χ4n) is 2.50. The first-order valence-electron chi connectivity index (χ1n) is 7.22. The number of carbonyl (C=O) groups excluding carboxylic acids is 3. The lowest BCUT2D eigenvalue weighted by Gasteiger charge is -2.22. The van der Waals surface area contributed by atoms with E-state index in [-0.39, 0.29) is 12.5 Å². The quantitative estimate of drug-likeness (QED) is 0.820. The van der Waals surface area contributed by atoms with Crippen LogP contribution >= 0.6 is 0 Å². The van der Waals surface area contributed by atoms with Gasteiger partial charge in [-0.25, -0.2) is 9.59 Å². The number of esters is 1. The third-order valence-electron chi connectivity index (χ3n) is 3.65. The minimum Gasteiger partial charge on any atom is -0.467 e. The zero-order valence-electron chi connectivity index (χ0n) is 13.1. The van der Waals surface area contributed by atoms with Crippen LogP contribution in [0.25, 0.3) is 0 Å². The molecule has 8 heteroatoms. The second kappa shape index (κ2) is 7.57. The summed E-state index contributed by atoms with van der Waals surface area (Å²) in [6.07, 6.45) is 2.27. The molecule has 0 saturated carbocycles. The van der Waals surface area contributed by atoms with Gasteiger partial charge in [-0.1, -0.05) is 0 Å². The van der Waals surface area contributed by atoms with Gasteiger partial charge in [-0.2, -0.15) is 0 Å². The second-order valence-corrected chi connectivity index (χ2v) is 5.06. The number of alkyl carbamates (subject to hydrolysis) is 1. The van der Waals surface area contributed by atoms with Crippen molar-refractivity contribution in [2.75, 3.05) is 20.8 Å². The van der Waals surface area contributed by atoms with Gasteiger partial charge in [0.05, 0.1) is 26.5 Å². The van der Waals surface area contributed by atoms with Crippen LogP contribution in [0.15, 0.2) is 18.3 Å². The average Bonchev–Trinajstić information content (AvgIpc) is 3.08. The number of aromatic nitrogens is 1. The Morgan fingerprint density at radius 1 is 1.35 bits per heavy atom. The van der Waals surface area contributed by atoms with E-state index in [4.69, 9.17) is 4.74 Å². The molecule has 1 N–H and O–H groups in total. The first-order valence-corrected chi connectivity index (χ1v) is 7.22. The molecule has 0 aromatic carbocycles. The molecule has 1 unspecified atom stereocenters. The first-order chi connectivity index (χ1) is 11.1. The van der Waals surface area contributed by atoms with Crippen LogP contribution in [-0.4, -0.2) is 54.7 Å². The van der Waals surface area contributed by atoms with Gasteiger partial charge in [-0.3, -0.25) is 9.78 Å². The van der Waals surface area contributed by atoms with E-state index in [1.807, 2.05) is 0 Å². The van der Waals surface area contributed by atoms with E-state index in [0.29, 0.717) is 24.2 Å². The number of pyridine rings is 1. The molecule has 1 aliphatic heterocycles. The van der Waals surface area contributed by atoms with Gasteiger partial charge in [0.25, 0.3) is 5.91 Å².